The normalized spacial score (nSPS) is 21.1. The Morgan fingerprint density at radius 1 is 1.43 bits per heavy atom. The standard InChI is InChI=1S/C11H22N2O/c1-4-8(2)12-11(14)9(3)13-10-6-5-7-10/h8-10,13H,4-7H2,1-3H3,(H,12,14). The summed E-state index contributed by atoms with van der Waals surface area (Å²) in [6.45, 7) is 6.05. The van der Waals surface area contributed by atoms with E-state index in [-0.39, 0.29) is 18.0 Å². The lowest BCUT2D eigenvalue weighted by Gasteiger charge is -2.29. The first kappa shape index (κ1) is 11.5. The summed E-state index contributed by atoms with van der Waals surface area (Å²) in [4.78, 5) is 11.6. The summed E-state index contributed by atoms with van der Waals surface area (Å²) in [5.74, 6) is 0.131. The SMILES string of the molecule is CCC(C)NC(=O)C(C)NC1CCC1. The molecule has 2 atom stereocenters. The van der Waals surface area contributed by atoms with Crippen molar-refractivity contribution in [3.05, 3.63) is 0 Å². The van der Waals surface area contributed by atoms with Crippen LogP contribution in [0.1, 0.15) is 46.5 Å². The topological polar surface area (TPSA) is 41.1 Å². The predicted molar refractivity (Wildman–Crippen MR) is 58.1 cm³/mol. The maximum absolute atomic E-state index is 11.6. The van der Waals surface area contributed by atoms with Gasteiger partial charge in [-0.1, -0.05) is 13.3 Å². The Morgan fingerprint density at radius 3 is 2.50 bits per heavy atom. The molecule has 0 bridgehead atoms. The Morgan fingerprint density at radius 2 is 2.07 bits per heavy atom. The molecule has 82 valence electrons. The van der Waals surface area contributed by atoms with Crippen LogP contribution in [-0.2, 0) is 4.79 Å². The molecule has 0 aromatic rings. The highest BCUT2D eigenvalue weighted by Gasteiger charge is 2.22. The van der Waals surface area contributed by atoms with Crippen molar-refractivity contribution in [1.29, 1.82) is 0 Å². The molecule has 3 heteroatoms. The van der Waals surface area contributed by atoms with Gasteiger partial charge < -0.3 is 10.6 Å². The van der Waals surface area contributed by atoms with Crippen LogP contribution in [0, 0.1) is 0 Å². The van der Waals surface area contributed by atoms with Crippen LogP contribution < -0.4 is 10.6 Å². The van der Waals surface area contributed by atoms with Crippen molar-refractivity contribution in [3.8, 4) is 0 Å². The van der Waals surface area contributed by atoms with E-state index in [1.165, 1.54) is 19.3 Å². The minimum atomic E-state index is -0.0469. The third kappa shape index (κ3) is 3.29. The third-order valence-corrected chi connectivity index (χ3v) is 2.99. The highest BCUT2D eigenvalue weighted by atomic mass is 16.2. The molecule has 1 fully saturated rings. The first-order valence-corrected chi connectivity index (χ1v) is 5.70. The van der Waals surface area contributed by atoms with Gasteiger partial charge in [-0.3, -0.25) is 4.79 Å². The lowest BCUT2D eigenvalue weighted by Crippen LogP contribution is -2.50. The second-order valence-electron chi connectivity index (χ2n) is 4.33. The van der Waals surface area contributed by atoms with Crippen molar-refractivity contribution in [1.82, 2.24) is 10.6 Å². The van der Waals surface area contributed by atoms with E-state index in [1.807, 2.05) is 13.8 Å². The monoisotopic (exact) mass is 198 g/mol. The Balaban J connectivity index is 2.21. The molecule has 0 aromatic carbocycles. The summed E-state index contributed by atoms with van der Waals surface area (Å²) >= 11 is 0. The smallest absolute Gasteiger partial charge is 0.237 e. The number of hydrogen-bond donors (Lipinski definition) is 2. The van der Waals surface area contributed by atoms with Gasteiger partial charge in [0.25, 0.3) is 0 Å². The van der Waals surface area contributed by atoms with Crippen LogP contribution in [0.25, 0.3) is 0 Å². The highest BCUT2D eigenvalue weighted by Crippen LogP contribution is 2.18. The van der Waals surface area contributed by atoms with Gasteiger partial charge >= 0.3 is 0 Å². The van der Waals surface area contributed by atoms with E-state index in [0.29, 0.717) is 6.04 Å². The number of carbonyl (C=O) groups is 1. The minimum absolute atomic E-state index is 0.0469. The molecule has 1 aliphatic rings. The molecule has 0 radical (unpaired) electrons. The molecule has 2 N–H and O–H groups in total. The molecule has 2 unspecified atom stereocenters. The Bertz CT molecular complexity index is 190. The quantitative estimate of drug-likeness (QED) is 0.701. The molecule has 14 heavy (non-hydrogen) atoms. The Kier molecular flexibility index (Phi) is 4.39. The minimum Gasteiger partial charge on any atom is -0.352 e. The van der Waals surface area contributed by atoms with Crippen LogP contribution in [0.2, 0.25) is 0 Å². The van der Waals surface area contributed by atoms with E-state index in [4.69, 9.17) is 0 Å². The fourth-order valence-corrected chi connectivity index (χ4v) is 1.47. The largest absolute Gasteiger partial charge is 0.352 e. The summed E-state index contributed by atoms with van der Waals surface area (Å²) in [7, 11) is 0. The number of rotatable bonds is 5. The molecule has 1 saturated carbocycles. The number of hydrogen-bond acceptors (Lipinski definition) is 2. The van der Waals surface area contributed by atoms with Crippen molar-refractivity contribution in [2.45, 2.75) is 64.6 Å². The lowest BCUT2D eigenvalue weighted by atomic mass is 9.92. The van der Waals surface area contributed by atoms with Gasteiger partial charge in [-0.2, -0.15) is 0 Å². The average Bonchev–Trinajstić information content (AvgIpc) is 2.10. The van der Waals surface area contributed by atoms with E-state index in [1.54, 1.807) is 0 Å². The van der Waals surface area contributed by atoms with E-state index in [9.17, 15) is 4.79 Å². The van der Waals surface area contributed by atoms with Crippen molar-refractivity contribution in [2.75, 3.05) is 0 Å². The van der Waals surface area contributed by atoms with Gasteiger partial charge in [-0.25, -0.2) is 0 Å². The Labute approximate surface area is 86.6 Å². The van der Waals surface area contributed by atoms with Crippen LogP contribution in [0.15, 0.2) is 0 Å². The van der Waals surface area contributed by atoms with Crippen LogP contribution in [0.3, 0.4) is 0 Å². The highest BCUT2D eigenvalue weighted by molar-refractivity contribution is 5.81. The average molecular weight is 198 g/mol. The van der Waals surface area contributed by atoms with Crippen molar-refractivity contribution < 1.29 is 4.79 Å². The fourth-order valence-electron chi connectivity index (χ4n) is 1.47. The Hall–Kier alpha value is -0.570. The molecule has 0 aliphatic heterocycles. The van der Waals surface area contributed by atoms with Crippen LogP contribution >= 0.6 is 0 Å². The van der Waals surface area contributed by atoms with Gasteiger partial charge in [0.1, 0.15) is 0 Å². The molecule has 0 aromatic heterocycles. The van der Waals surface area contributed by atoms with Crippen molar-refractivity contribution >= 4 is 5.91 Å². The van der Waals surface area contributed by atoms with E-state index in [0.717, 1.165) is 6.42 Å². The maximum Gasteiger partial charge on any atom is 0.237 e. The first-order chi connectivity index (χ1) is 6.63. The second-order valence-corrected chi connectivity index (χ2v) is 4.33. The van der Waals surface area contributed by atoms with Gasteiger partial charge in [-0.05, 0) is 33.1 Å². The molecule has 1 rings (SSSR count). The molecule has 0 heterocycles. The molecule has 1 amide bonds. The molecule has 3 nitrogen and oxygen atoms in total. The van der Waals surface area contributed by atoms with Crippen LogP contribution in [0.4, 0.5) is 0 Å². The van der Waals surface area contributed by atoms with Crippen molar-refractivity contribution in [2.24, 2.45) is 0 Å². The van der Waals surface area contributed by atoms with E-state index >= 15 is 0 Å². The molecule has 0 saturated heterocycles. The summed E-state index contributed by atoms with van der Waals surface area (Å²) in [5.41, 5.74) is 0. The van der Waals surface area contributed by atoms with Crippen molar-refractivity contribution in [3.63, 3.8) is 0 Å². The number of carbonyl (C=O) groups excluding carboxylic acids is 1. The molecule has 1 aliphatic carbocycles. The molecular weight excluding hydrogens is 176 g/mol. The van der Waals surface area contributed by atoms with Gasteiger partial charge in [0.2, 0.25) is 5.91 Å². The van der Waals surface area contributed by atoms with Gasteiger partial charge in [0, 0.05) is 12.1 Å². The fraction of sp³-hybridized carbons (Fsp3) is 0.909. The zero-order valence-electron chi connectivity index (χ0n) is 9.47. The number of nitrogens with one attached hydrogen (secondary N) is 2. The first-order valence-electron chi connectivity index (χ1n) is 5.70. The van der Waals surface area contributed by atoms with Crippen LogP contribution in [-0.4, -0.2) is 24.0 Å². The van der Waals surface area contributed by atoms with Crippen LogP contribution in [0.5, 0.6) is 0 Å². The van der Waals surface area contributed by atoms with E-state index < -0.39 is 0 Å². The second kappa shape index (κ2) is 5.35. The van der Waals surface area contributed by atoms with Gasteiger partial charge in [0.15, 0.2) is 0 Å². The third-order valence-electron chi connectivity index (χ3n) is 2.99. The maximum atomic E-state index is 11.6. The summed E-state index contributed by atoms with van der Waals surface area (Å²) in [6.07, 6.45) is 4.74. The zero-order valence-corrected chi connectivity index (χ0v) is 9.47. The summed E-state index contributed by atoms with van der Waals surface area (Å²) in [5, 5.41) is 6.31. The number of amides is 1. The molecule has 0 spiro atoms. The van der Waals surface area contributed by atoms with E-state index in [2.05, 4.69) is 17.6 Å². The predicted octanol–water partition coefficient (Wildman–Crippen LogP) is 1.43. The van der Waals surface area contributed by atoms with Gasteiger partial charge in [-0.15, -0.1) is 0 Å². The summed E-state index contributed by atoms with van der Waals surface area (Å²) in [6, 6.07) is 0.815. The lowest BCUT2D eigenvalue weighted by molar-refractivity contribution is -0.123. The zero-order chi connectivity index (χ0) is 10.6. The summed E-state index contributed by atoms with van der Waals surface area (Å²) < 4.78 is 0. The molecular formula is C11H22N2O. The van der Waals surface area contributed by atoms with Gasteiger partial charge in [0.05, 0.1) is 6.04 Å².